The van der Waals surface area contributed by atoms with Crippen LogP contribution in [0.25, 0.3) is 10.4 Å². The average Bonchev–Trinajstić information content (AvgIpc) is 2.63. The molecule has 8 nitrogen and oxygen atoms in total. The topological polar surface area (TPSA) is 114 Å². The highest BCUT2D eigenvalue weighted by Gasteiger charge is 2.15. The Hall–Kier alpha value is -2.08. The zero-order valence-corrected chi connectivity index (χ0v) is 7.38. The molecule has 0 aliphatic heterocycles. The standard InChI is InChI=1S/C6H7N5O3/c1-2-13-6(12)5-9-4(10-14-5)3-8-11-7/h2-3H2,1H3. The molecule has 0 fully saturated rings. The van der Waals surface area contributed by atoms with Crippen molar-refractivity contribution in [2.24, 2.45) is 5.11 Å². The maximum atomic E-state index is 11.0. The number of carbonyl (C=O) groups excluding carboxylic acids is 1. The van der Waals surface area contributed by atoms with Gasteiger partial charge in [0.2, 0.25) is 0 Å². The van der Waals surface area contributed by atoms with Crippen LogP contribution in [0.4, 0.5) is 0 Å². The molecule has 0 amide bonds. The second kappa shape index (κ2) is 4.83. The summed E-state index contributed by atoms with van der Waals surface area (Å²) >= 11 is 0. The third-order valence-electron chi connectivity index (χ3n) is 1.19. The predicted molar refractivity (Wildman–Crippen MR) is 43.1 cm³/mol. The number of esters is 1. The van der Waals surface area contributed by atoms with Crippen molar-refractivity contribution in [3.63, 3.8) is 0 Å². The Morgan fingerprint density at radius 2 is 2.57 bits per heavy atom. The van der Waals surface area contributed by atoms with Crippen LogP contribution >= 0.6 is 0 Å². The molecule has 1 rings (SSSR count). The molecule has 0 saturated heterocycles. The maximum Gasteiger partial charge on any atom is 0.397 e. The van der Waals surface area contributed by atoms with Crippen LogP contribution in [0, 0.1) is 0 Å². The van der Waals surface area contributed by atoms with Gasteiger partial charge in [-0.05, 0) is 12.5 Å². The van der Waals surface area contributed by atoms with Gasteiger partial charge < -0.3 is 9.26 Å². The number of azide groups is 1. The van der Waals surface area contributed by atoms with E-state index in [1.165, 1.54) is 0 Å². The van der Waals surface area contributed by atoms with Crippen LogP contribution in [0.1, 0.15) is 23.4 Å². The van der Waals surface area contributed by atoms with Gasteiger partial charge in [0.05, 0.1) is 13.2 Å². The van der Waals surface area contributed by atoms with Crippen molar-refractivity contribution in [2.45, 2.75) is 13.5 Å². The first-order valence-electron chi connectivity index (χ1n) is 3.78. The Balaban J connectivity index is 2.67. The van der Waals surface area contributed by atoms with E-state index >= 15 is 0 Å². The summed E-state index contributed by atoms with van der Waals surface area (Å²) in [7, 11) is 0. The van der Waals surface area contributed by atoms with E-state index in [4.69, 9.17) is 5.53 Å². The van der Waals surface area contributed by atoms with Crippen LogP contribution in [-0.2, 0) is 11.3 Å². The first-order chi connectivity index (χ1) is 6.77. The molecule has 0 aliphatic carbocycles. The molecule has 0 atom stereocenters. The predicted octanol–water partition coefficient (Wildman–Crippen LogP) is 1.06. The third-order valence-corrected chi connectivity index (χ3v) is 1.19. The van der Waals surface area contributed by atoms with E-state index in [0.717, 1.165) is 0 Å². The number of hydrogen-bond acceptors (Lipinski definition) is 6. The molecule has 0 aliphatic rings. The van der Waals surface area contributed by atoms with Crippen molar-refractivity contribution in [3.05, 3.63) is 22.2 Å². The van der Waals surface area contributed by atoms with Crippen LogP contribution < -0.4 is 0 Å². The van der Waals surface area contributed by atoms with Crippen LogP contribution in [0.2, 0.25) is 0 Å². The van der Waals surface area contributed by atoms with Gasteiger partial charge in [-0.2, -0.15) is 4.98 Å². The summed E-state index contributed by atoms with van der Waals surface area (Å²) in [4.78, 5) is 17.2. The summed E-state index contributed by atoms with van der Waals surface area (Å²) in [6, 6.07) is 0. The Morgan fingerprint density at radius 1 is 1.79 bits per heavy atom. The molecule has 0 radical (unpaired) electrons. The normalized spacial score (nSPS) is 9.21. The van der Waals surface area contributed by atoms with E-state index in [9.17, 15) is 4.79 Å². The average molecular weight is 197 g/mol. The van der Waals surface area contributed by atoms with Gasteiger partial charge in [-0.1, -0.05) is 10.3 Å². The summed E-state index contributed by atoms with van der Waals surface area (Å²) in [5.41, 5.74) is 8.01. The molecule has 1 aromatic heterocycles. The van der Waals surface area contributed by atoms with Crippen molar-refractivity contribution in [1.82, 2.24) is 10.1 Å². The van der Waals surface area contributed by atoms with Crippen LogP contribution in [0.15, 0.2) is 9.64 Å². The quantitative estimate of drug-likeness (QED) is 0.309. The van der Waals surface area contributed by atoms with Crippen LogP contribution in [0.3, 0.4) is 0 Å². The van der Waals surface area contributed by atoms with Gasteiger partial charge in [0, 0.05) is 4.91 Å². The number of ether oxygens (including phenoxy) is 1. The lowest BCUT2D eigenvalue weighted by molar-refractivity contribution is 0.0470. The monoisotopic (exact) mass is 197 g/mol. The molecule has 0 spiro atoms. The summed E-state index contributed by atoms with van der Waals surface area (Å²) in [6.45, 7) is 1.83. The Morgan fingerprint density at radius 3 is 3.21 bits per heavy atom. The van der Waals surface area contributed by atoms with Gasteiger partial charge >= 0.3 is 11.9 Å². The van der Waals surface area contributed by atoms with Crippen LogP contribution in [0.5, 0.6) is 0 Å². The molecule has 0 bridgehead atoms. The lowest BCUT2D eigenvalue weighted by Gasteiger charge is -1.93. The van der Waals surface area contributed by atoms with E-state index < -0.39 is 5.97 Å². The number of carbonyl (C=O) groups is 1. The molecule has 8 heteroatoms. The fraction of sp³-hybridized carbons (Fsp3) is 0.500. The fourth-order valence-electron chi connectivity index (χ4n) is 0.689. The molecule has 1 aromatic rings. The third kappa shape index (κ3) is 2.46. The van der Waals surface area contributed by atoms with Gasteiger partial charge in [-0.3, -0.25) is 0 Å². The van der Waals surface area contributed by atoms with E-state index in [0.29, 0.717) is 0 Å². The van der Waals surface area contributed by atoms with Gasteiger partial charge in [0.15, 0.2) is 5.82 Å². The first kappa shape index (κ1) is 10.0. The highest BCUT2D eigenvalue weighted by Crippen LogP contribution is 2.00. The minimum atomic E-state index is -0.688. The number of rotatable bonds is 4. The SMILES string of the molecule is CCOC(=O)c1nc(CN=[N+]=[N-])no1. The second-order valence-electron chi connectivity index (χ2n) is 2.13. The summed E-state index contributed by atoms with van der Waals surface area (Å²) in [5.74, 6) is -0.784. The smallest absolute Gasteiger partial charge is 0.397 e. The van der Waals surface area contributed by atoms with E-state index in [1.54, 1.807) is 6.92 Å². The minimum absolute atomic E-state index is 0.0561. The molecule has 0 saturated carbocycles. The number of nitrogens with zero attached hydrogens (tertiary/aromatic N) is 5. The highest BCUT2D eigenvalue weighted by atomic mass is 16.6. The zero-order chi connectivity index (χ0) is 10.4. The molecule has 14 heavy (non-hydrogen) atoms. The molecule has 0 unspecified atom stereocenters. The van der Waals surface area contributed by atoms with Crippen molar-refractivity contribution in [2.75, 3.05) is 6.61 Å². The highest BCUT2D eigenvalue weighted by molar-refractivity contribution is 5.83. The molecule has 74 valence electrons. The Labute approximate surface area is 78.5 Å². The molecular formula is C6H7N5O3. The van der Waals surface area contributed by atoms with Gasteiger partial charge in [-0.25, -0.2) is 4.79 Å². The van der Waals surface area contributed by atoms with Gasteiger partial charge in [0.1, 0.15) is 0 Å². The van der Waals surface area contributed by atoms with Gasteiger partial charge in [0.25, 0.3) is 0 Å². The van der Waals surface area contributed by atoms with Crippen molar-refractivity contribution >= 4 is 5.97 Å². The van der Waals surface area contributed by atoms with Crippen LogP contribution in [-0.4, -0.2) is 22.7 Å². The molecule has 0 aromatic carbocycles. The first-order valence-corrected chi connectivity index (χ1v) is 3.78. The Bertz CT molecular complexity index is 367. The maximum absolute atomic E-state index is 11.0. The van der Waals surface area contributed by atoms with E-state index in [2.05, 4.69) is 29.4 Å². The van der Waals surface area contributed by atoms with Crippen molar-refractivity contribution in [1.29, 1.82) is 0 Å². The lowest BCUT2D eigenvalue weighted by Crippen LogP contribution is -2.04. The van der Waals surface area contributed by atoms with E-state index in [-0.39, 0.29) is 24.9 Å². The fourth-order valence-corrected chi connectivity index (χ4v) is 0.689. The molecule has 1 heterocycles. The summed E-state index contributed by atoms with van der Waals surface area (Å²) in [6.07, 6.45) is 0. The molecular weight excluding hydrogens is 190 g/mol. The van der Waals surface area contributed by atoms with Gasteiger partial charge in [-0.15, -0.1) is 0 Å². The second-order valence-corrected chi connectivity index (χ2v) is 2.13. The number of aromatic nitrogens is 2. The van der Waals surface area contributed by atoms with Crippen molar-refractivity contribution < 1.29 is 14.1 Å². The summed E-state index contributed by atoms with van der Waals surface area (Å²) in [5, 5.41) is 6.61. The zero-order valence-electron chi connectivity index (χ0n) is 7.38. The Kier molecular flexibility index (Phi) is 3.45. The van der Waals surface area contributed by atoms with Crippen molar-refractivity contribution in [3.8, 4) is 0 Å². The van der Waals surface area contributed by atoms with E-state index in [1.807, 2.05) is 0 Å². The summed E-state index contributed by atoms with van der Waals surface area (Å²) < 4.78 is 9.16. The largest absolute Gasteiger partial charge is 0.459 e. The number of hydrogen-bond donors (Lipinski definition) is 0. The minimum Gasteiger partial charge on any atom is -0.459 e. The lowest BCUT2D eigenvalue weighted by atomic mass is 10.6. The molecule has 0 N–H and O–H groups in total.